The van der Waals surface area contributed by atoms with Crippen LogP contribution in [0.15, 0.2) is 23.4 Å². The number of piperidine rings is 1. The molecule has 2 heterocycles. The molecule has 0 bridgehead atoms. The maximum absolute atomic E-state index is 13.3. The molecule has 25 heavy (non-hydrogen) atoms. The van der Waals surface area contributed by atoms with Crippen molar-refractivity contribution >= 4 is 29.3 Å². The zero-order chi connectivity index (χ0) is 18.0. The fourth-order valence-electron chi connectivity index (χ4n) is 3.16. The van der Waals surface area contributed by atoms with Gasteiger partial charge in [-0.15, -0.1) is 5.10 Å². The highest BCUT2D eigenvalue weighted by molar-refractivity contribution is 7.99. The van der Waals surface area contributed by atoms with Crippen LogP contribution >= 0.6 is 23.4 Å². The number of amides is 1. The minimum atomic E-state index is -0.504. The maximum Gasteiger partial charge on any atom is 0.233 e. The van der Waals surface area contributed by atoms with Crippen LogP contribution in [-0.2, 0) is 4.79 Å². The molecule has 0 N–H and O–H groups in total. The molecule has 0 saturated carbocycles. The fourth-order valence-corrected chi connectivity index (χ4v) is 4.10. The van der Waals surface area contributed by atoms with Crippen molar-refractivity contribution in [2.75, 3.05) is 5.75 Å². The number of halogens is 2. The van der Waals surface area contributed by atoms with Crippen molar-refractivity contribution in [3.05, 3.63) is 29.0 Å². The van der Waals surface area contributed by atoms with E-state index in [1.165, 1.54) is 34.6 Å². The maximum atomic E-state index is 13.3. The van der Waals surface area contributed by atoms with Crippen LogP contribution in [0.3, 0.4) is 0 Å². The number of benzene rings is 1. The highest BCUT2D eigenvalue weighted by Gasteiger charge is 2.29. The number of likely N-dealkylation sites (tertiary alicyclic amines) is 1. The highest BCUT2D eigenvalue weighted by atomic mass is 35.5. The molecule has 134 valence electrons. The molecule has 1 aliphatic heterocycles. The third-order valence-corrected chi connectivity index (χ3v) is 5.59. The van der Waals surface area contributed by atoms with Crippen molar-refractivity contribution in [1.82, 2.24) is 25.1 Å². The molecule has 0 unspecified atom stereocenters. The largest absolute Gasteiger partial charge is 0.337 e. The third kappa shape index (κ3) is 3.95. The van der Waals surface area contributed by atoms with Gasteiger partial charge in [0.2, 0.25) is 11.1 Å². The Morgan fingerprint density at radius 2 is 2.08 bits per heavy atom. The predicted molar refractivity (Wildman–Crippen MR) is 94.5 cm³/mol. The van der Waals surface area contributed by atoms with Gasteiger partial charge in [-0.1, -0.05) is 23.4 Å². The molecular weight excluding hydrogens is 365 g/mol. The summed E-state index contributed by atoms with van der Waals surface area (Å²) in [4.78, 5) is 14.6. The van der Waals surface area contributed by atoms with E-state index in [4.69, 9.17) is 11.6 Å². The summed E-state index contributed by atoms with van der Waals surface area (Å²) in [5.74, 6) is -0.170. The third-order valence-electron chi connectivity index (χ3n) is 4.39. The molecule has 9 heteroatoms. The molecule has 2 aromatic rings. The first-order chi connectivity index (χ1) is 12.0. The lowest BCUT2D eigenvalue weighted by atomic mass is 9.98. The Bertz CT molecular complexity index is 761. The average Bonchev–Trinajstić information content (AvgIpc) is 3.04. The van der Waals surface area contributed by atoms with Crippen molar-refractivity contribution in [3.8, 4) is 5.69 Å². The molecule has 1 aromatic heterocycles. The van der Waals surface area contributed by atoms with Gasteiger partial charge in [0.1, 0.15) is 5.82 Å². The van der Waals surface area contributed by atoms with Gasteiger partial charge in [0.15, 0.2) is 0 Å². The van der Waals surface area contributed by atoms with Crippen LogP contribution in [0.25, 0.3) is 5.69 Å². The van der Waals surface area contributed by atoms with Crippen LogP contribution in [0, 0.1) is 5.82 Å². The average molecular weight is 384 g/mol. The van der Waals surface area contributed by atoms with Crippen LogP contribution < -0.4 is 0 Å². The second-order valence-corrected chi connectivity index (χ2v) is 7.54. The number of aromatic nitrogens is 4. The Balaban J connectivity index is 1.71. The molecule has 1 saturated heterocycles. The molecule has 0 radical (unpaired) electrons. The lowest BCUT2D eigenvalue weighted by molar-refractivity contribution is -0.134. The fraction of sp³-hybridized carbons (Fsp3) is 0.500. The topological polar surface area (TPSA) is 63.9 Å². The van der Waals surface area contributed by atoms with Gasteiger partial charge in [0.25, 0.3) is 0 Å². The highest BCUT2D eigenvalue weighted by Crippen LogP contribution is 2.26. The summed E-state index contributed by atoms with van der Waals surface area (Å²) < 4.78 is 14.8. The molecule has 1 aliphatic rings. The zero-order valence-corrected chi connectivity index (χ0v) is 15.6. The molecule has 0 spiro atoms. The van der Waals surface area contributed by atoms with Crippen molar-refractivity contribution in [3.63, 3.8) is 0 Å². The van der Waals surface area contributed by atoms with Gasteiger partial charge in [0.05, 0.1) is 16.5 Å². The molecule has 0 aliphatic carbocycles. The van der Waals surface area contributed by atoms with Gasteiger partial charge in [-0.05, 0) is 61.7 Å². The standard InChI is InChI=1S/C16H19ClFN5OS/c1-10-4-3-5-11(2)22(10)15(24)9-25-16-19-20-21-23(16)12-6-7-14(18)13(17)8-12/h6-8,10-11H,3-5,9H2,1-2H3/t10-,11-/m0/s1. The van der Waals surface area contributed by atoms with Gasteiger partial charge >= 0.3 is 0 Å². The molecular formula is C16H19ClFN5OS. The van der Waals surface area contributed by atoms with Crippen molar-refractivity contribution in [2.45, 2.75) is 50.4 Å². The molecule has 1 aromatic carbocycles. The van der Waals surface area contributed by atoms with E-state index < -0.39 is 5.82 Å². The van der Waals surface area contributed by atoms with E-state index in [9.17, 15) is 9.18 Å². The van der Waals surface area contributed by atoms with Gasteiger partial charge < -0.3 is 4.90 Å². The molecule has 2 atom stereocenters. The summed E-state index contributed by atoms with van der Waals surface area (Å²) in [6.45, 7) is 4.17. The number of rotatable bonds is 4. The number of tetrazole rings is 1. The molecule has 3 rings (SSSR count). The van der Waals surface area contributed by atoms with E-state index in [-0.39, 0.29) is 28.8 Å². The van der Waals surface area contributed by atoms with Crippen molar-refractivity contribution < 1.29 is 9.18 Å². The first-order valence-electron chi connectivity index (χ1n) is 8.15. The number of nitrogens with zero attached hydrogens (tertiary/aromatic N) is 5. The normalized spacial score (nSPS) is 20.7. The number of carbonyl (C=O) groups excluding carboxylic acids is 1. The van der Waals surface area contributed by atoms with Crippen LogP contribution in [0.5, 0.6) is 0 Å². The number of carbonyl (C=O) groups is 1. The second kappa shape index (κ2) is 7.70. The van der Waals surface area contributed by atoms with Crippen LogP contribution in [-0.4, -0.2) is 48.9 Å². The summed E-state index contributed by atoms with van der Waals surface area (Å²) in [7, 11) is 0. The Labute approximate surface area is 154 Å². The zero-order valence-electron chi connectivity index (χ0n) is 14.0. The van der Waals surface area contributed by atoms with E-state index in [1.807, 2.05) is 4.90 Å². The van der Waals surface area contributed by atoms with Gasteiger partial charge in [-0.2, -0.15) is 4.68 Å². The SMILES string of the molecule is C[C@H]1CCC[C@H](C)N1C(=O)CSc1nnnn1-c1ccc(F)c(Cl)c1. The predicted octanol–water partition coefficient (Wildman–Crippen LogP) is 3.34. The molecule has 1 amide bonds. The van der Waals surface area contributed by atoms with E-state index >= 15 is 0 Å². The van der Waals surface area contributed by atoms with Crippen LogP contribution in [0.1, 0.15) is 33.1 Å². The molecule has 6 nitrogen and oxygen atoms in total. The monoisotopic (exact) mass is 383 g/mol. The number of hydrogen-bond donors (Lipinski definition) is 0. The van der Waals surface area contributed by atoms with Gasteiger partial charge in [-0.25, -0.2) is 4.39 Å². The Hall–Kier alpha value is -1.67. The first-order valence-corrected chi connectivity index (χ1v) is 9.51. The summed E-state index contributed by atoms with van der Waals surface area (Å²) in [5, 5.41) is 12.0. The minimum Gasteiger partial charge on any atom is -0.337 e. The van der Waals surface area contributed by atoms with E-state index in [0.717, 1.165) is 19.3 Å². The summed E-state index contributed by atoms with van der Waals surface area (Å²) in [5.41, 5.74) is 0.547. The van der Waals surface area contributed by atoms with E-state index in [1.54, 1.807) is 0 Å². The lowest BCUT2D eigenvalue weighted by Crippen LogP contribution is -2.48. The van der Waals surface area contributed by atoms with Crippen LogP contribution in [0.2, 0.25) is 5.02 Å². The smallest absolute Gasteiger partial charge is 0.233 e. The van der Waals surface area contributed by atoms with Crippen LogP contribution in [0.4, 0.5) is 4.39 Å². The van der Waals surface area contributed by atoms with Gasteiger partial charge in [-0.3, -0.25) is 4.79 Å². The number of hydrogen-bond acceptors (Lipinski definition) is 5. The van der Waals surface area contributed by atoms with Crippen molar-refractivity contribution in [1.29, 1.82) is 0 Å². The Kier molecular flexibility index (Phi) is 5.58. The lowest BCUT2D eigenvalue weighted by Gasteiger charge is -2.39. The van der Waals surface area contributed by atoms with E-state index in [2.05, 4.69) is 29.4 Å². The number of thioether (sulfide) groups is 1. The Morgan fingerprint density at radius 1 is 1.36 bits per heavy atom. The van der Waals surface area contributed by atoms with Crippen molar-refractivity contribution in [2.24, 2.45) is 0 Å². The van der Waals surface area contributed by atoms with Gasteiger partial charge in [0, 0.05) is 12.1 Å². The second-order valence-electron chi connectivity index (χ2n) is 6.19. The molecule has 1 fully saturated rings. The Morgan fingerprint density at radius 3 is 2.76 bits per heavy atom. The first kappa shape index (κ1) is 18.1. The summed E-state index contributed by atoms with van der Waals surface area (Å²) in [6, 6.07) is 4.76. The summed E-state index contributed by atoms with van der Waals surface area (Å²) in [6.07, 6.45) is 3.22. The quantitative estimate of drug-likeness (QED) is 0.757. The van der Waals surface area contributed by atoms with E-state index in [0.29, 0.717) is 10.8 Å². The summed E-state index contributed by atoms with van der Waals surface area (Å²) >= 11 is 7.08. The minimum absolute atomic E-state index is 0.00371.